The smallest absolute Gasteiger partial charge is 0.372 e. The molecule has 5 heteroatoms. The maximum atomic E-state index is 10.8. The Morgan fingerprint density at radius 1 is 1.23 bits per heavy atom. The Labute approximate surface area is 75.7 Å². The minimum atomic E-state index is -1.52. The van der Waals surface area contributed by atoms with Gasteiger partial charge in [-0.2, -0.15) is 0 Å². The van der Waals surface area contributed by atoms with Crippen molar-refractivity contribution in [1.82, 2.24) is 0 Å². The minimum Gasteiger partial charge on any atom is -0.476 e. The molecule has 0 saturated heterocycles. The number of carbonyl (C=O) groups excluding carboxylic acids is 2. The van der Waals surface area contributed by atoms with Crippen LogP contribution in [-0.4, -0.2) is 28.9 Å². The van der Waals surface area contributed by atoms with E-state index in [2.05, 4.69) is 0 Å². The molecule has 0 aliphatic rings. The van der Waals surface area contributed by atoms with Gasteiger partial charge in [0.15, 0.2) is 0 Å². The molecule has 0 amide bonds. The first-order valence-corrected chi connectivity index (χ1v) is 3.89. The molecule has 0 bridgehead atoms. The lowest BCUT2D eigenvalue weighted by molar-refractivity contribution is -0.151. The van der Waals surface area contributed by atoms with Crippen LogP contribution in [0, 0.1) is 0 Å². The molecule has 0 aliphatic carbocycles. The average molecular weight is 188 g/mol. The minimum absolute atomic E-state index is 0.177. The largest absolute Gasteiger partial charge is 0.476 e. The van der Waals surface area contributed by atoms with E-state index in [4.69, 9.17) is 9.84 Å². The Balaban J connectivity index is 3.71. The Kier molecular flexibility index (Phi) is 4.72. The van der Waals surface area contributed by atoms with E-state index < -0.39 is 17.7 Å². The number of esters is 1. The molecule has 0 spiro atoms. The summed E-state index contributed by atoms with van der Waals surface area (Å²) in [4.78, 5) is 31.4. The fourth-order valence-electron chi connectivity index (χ4n) is 0.644. The molecular weight excluding hydrogens is 176 g/mol. The average Bonchev–Trinajstić information content (AvgIpc) is 1.98. The topological polar surface area (TPSA) is 80.7 Å². The number of rotatable bonds is 5. The molecule has 0 aliphatic heterocycles. The van der Waals surface area contributed by atoms with Crippen LogP contribution in [-0.2, 0) is 19.1 Å². The molecular formula is C8H12O5. The SMILES string of the molecule is CC(C)OC(=O)CCC(=O)C(=O)O. The molecule has 0 aromatic heterocycles. The van der Waals surface area contributed by atoms with Gasteiger partial charge in [-0.15, -0.1) is 0 Å². The van der Waals surface area contributed by atoms with E-state index in [9.17, 15) is 14.4 Å². The van der Waals surface area contributed by atoms with Crippen LogP contribution in [0.1, 0.15) is 26.7 Å². The second-order valence-corrected chi connectivity index (χ2v) is 2.77. The van der Waals surface area contributed by atoms with Crippen LogP contribution in [0.4, 0.5) is 0 Å². The summed E-state index contributed by atoms with van der Waals surface area (Å²) in [7, 11) is 0. The number of aliphatic carboxylic acids is 1. The van der Waals surface area contributed by atoms with Gasteiger partial charge in [-0.1, -0.05) is 0 Å². The molecule has 1 N–H and O–H groups in total. The van der Waals surface area contributed by atoms with Crippen molar-refractivity contribution < 1.29 is 24.2 Å². The number of hydrogen-bond donors (Lipinski definition) is 1. The standard InChI is InChI=1S/C8H12O5/c1-5(2)13-7(10)4-3-6(9)8(11)12/h5H,3-4H2,1-2H3,(H,11,12). The van der Waals surface area contributed by atoms with E-state index in [1.54, 1.807) is 13.8 Å². The molecule has 0 atom stereocenters. The van der Waals surface area contributed by atoms with Gasteiger partial charge >= 0.3 is 11.9 Å². The van der Waals surface area contributed by atoms with Crippen LogP contribution < -0.4 is 0 Å². The highest BCUT2D eigenvalue weighted by Gasteiger charge is 2.14. The van der Waals surface area contributed by atoms with E-state index in [0.717, 1.165) is 0 Å². The number of carboxylic acid groups (broad SMARTS) is 1. The second kappa shape index (κ2) is 5.29. The van der Waals surface area contributed by atoms with Gasteiger partial charge in [-0.05, 0) is 13.8 Å². The lowest BCUT2D eigenvalue weighted by Crippen LogP contribution is -2.16. The monoisotopic (exact) mass is 188 g/mol. The molecule has 0 aromatic carbocycles. The van der Waals surface area contributed by atoms with Crippen LogP contribution in [0.25, 0.3) is 0 Å². The van der Waals surface area contributed by atoms with Crippen molar-refractivity contribution in [2.75, 3.05) is 0 Å². The van der Waals surface area contributed by atoms with E-state index >= 15 is 0 Å². The predicted octanol–water partition coefficient (Wildman–Crippen LogP) is 0.372. The third kappa shape index (κ3) is 5.84. The van der Waals surface area contributed by atoms with Crippen LogP contribution in [0.2, 0.25) is 0 Å². The molecule has 74 valence electrons. The number of carboxylic acids is 1. The van der Waals surface area contributed by atoms with Crippen LogP contribution in [0.15, 0.2) is 0 Å². The van der Waals surface area contributed by atoms with E-state index in [1.165, 1.54) is 0 Å². The summed E-state index contributed by atoms with van der Waals surface area (Å²) < 4.78 is 4.70. The first-order valence-electron chi connectivity index (χ1n) is 3.89. The maximum Gasteiger partial charge on any atom is 0.372 e. The zero-order valence-electron chi connectivity index (χ0n) is 7.57. The van der Waals surface area contributed by atoms with E-state index in [0.29, 0.717) is 0 Å². The highest BCUT2D eigenvalue weighted by molar-refractivity contribution is 6.32. The van der Waals surface area contributed by atoms with Gasteiger partial charge in [0.2, 0.25) is 5.78 Å². The molecule has 0 unspecified atom stereocenters. The second-order valence-electron chi connectivity index (χ2n) is 2.77. The fourth-order valence-corrected chi connectivity index (χ4v) is 0.644. The van der Waals surface area contributed by atoms with Crippen molar-refractivity contribution in [1.29, 1.82) is 0 Å². The Morgan fingerprint density at radius 2 is 1.77 bits per heavy atom. The van der Waals surface area contributed by atoms with Gasteiger partial charge in [0.1, 0.15) is 0 Å². The molecule has 0 heterocycles. The molecule has 0 fully saturated rings. The first-order chi connectivity index (χ1) is 5.93. The number of hydrogen-bond acceptors (Lipinski definition) is 4. The van der Waals surface area contributed by atoms with Gasteiger partial charge in [-0.25, -0.2) is 4.79 Å². The molecule has 0 saturated carbocycles. The number of Topliss-reactive ketones (excluding diaryl/α,β-unsaturated/α-hetero) is 1. The highest BCUT2D eigenvalue weighted by Crippen LogP contribution is 1.97. The molecule has 13 heavy (non-hydrogen) atoms. The summed E-state index contributed by atoms with van der Waals surface area (Å²) >= 11 is 0. The predicted molar refractivity (Wildman–Crippen MR) is 43.1 cm³/mol. The summed E-state index contributed by atoms with van der Waals surface area (Å²) in [6.07, 6.45) is -0.725. The summed E-state index contributed by atoms with van der Waals surface area (Å²) in [5.41, 5.74) is 0. The number of ketones is 1. The maximum absolute atomic E-state index is 10.8. The molecule has 0 rings (SSSR count). The van der Waals surface area contributed by atoms with Crippen LogP contribution in [0.3, 0.4) is 0 Å². The van der Waals surface area contributed by atoms with Crippen LogP contribution >= 0.6 is 0 Å². The van der Waals surface area contributed by atoms with Gasteiger partial charge in [0, 0.05) is 6.42 Å². The number of ether oxygens (including phenoxy) is 1. The van der Waals surface area contributed by atoms with Crippen molar-refractivity contribution in [3.05, 3.63) is 0 Å². The van der Waals surface area contributed by atoms with Gasteiger partial charge < -0.3 is 9.84 Å². The first kappa shape index (κ1) is 11.6. The fraction of sp³-hybridized carbons (Fsp3) is 0.625. The van der Waals surface area contributed by atoms with Gasteiger partial charge in [-0.3, -0.25) is 9.59 Å². The van der Waals surface area contributed by atoms with Crippen molar-refractivity contribution >= 4 is 17.7 Å². The summed E-state index contributed by atoms with van der Waals surface area (Å²) in [5.74, 6) is -3.04. The molecule has 0 aromatic rings. The lowest BCUT2D eigenvalue weighted by atomic mass is 10.2. The van der Waals surface area contributed by atoms with Gasteiger partial charge in [0.25, 0.3) is 0 Å². The summed E-state index contributed by atoms with van der Waals surface area (Å²) in [6.45, 7) is 3.35. The van der Waals surface area contributed by atoms with Crippen molar-refractivity contribution in [3.63, 3.8) is 0 Å². The Morgan fingerprint density at radius 3 is 2.15 bits per heavy atom. The van der Waals surface area contributed by atoms with Crippen molar-refractivity contribution in [3.8, 4) is 0 Å². The Hall–Kier alpha value is -1.39. The number of carbonyl (C=O) groups is 3. The van der Waals surface area contributed by atoms with Crippen LogP contribution in [0.5, 0.6) is 0 Å². The third-order valence-corrected chi connectivity index (χ3v) is 1.16. The van der Waals surface area contributed by atoms with Gasteiger partial charge in [0.05, 0.1) is 12.5 Å². The van der Waals surface area contributed by atoms with Crippen molar-refractivity contribution in [2.24, 2.45) is 0 Å². The summed E-state index contributed by atoms with van der Waals surface area (Å²) in [6, 6.07) is 0. The lowest BCUT2D eigenvalue weighted by Gasteiger charge is -2.06. The normalized spacial score (nSPS) is 9.77. The zero-order chi connectivity index (χ0) is 10.4. The zero-order valence-corrected chi connectivity index (χ0v) is 7.57. The van der Waals surface area contributed by atoms with E-state index in [1.807, 2.05) is 0 Å². The molecule has 0 radical (unpaired) electrons. The summed E-state index contributed by atoms with van der Waals surface area (Å²) in [5, 5.41) is 8.18. The quantitative estimate of drug-likeness (QED) is 0.498. The molecule has 5 nitrogen and oxygen atoms in total. The van der Waals surface area contributed by atoms with E-state index in [-0.39, 0.29) is 18.9 Å². The third-order valence-electron chi connectivity index (χ3n) is 1.16. The van der Waals surface area contributed by atoms with Crippen molar-refractivity contribution in [2.45, 2.75) is 32.8 Å². The highest BCUT2D eigenvalue weighted by atomic mass is 16.5. The Bertz CT molecular complexity index is 219.